The molecule has 2 aromatic rings. The summed E-state index contributed by atoms with van der Waals surface area (Å²) in [5.74, 6) is -2.99. The van der Waals surface area contributed by atoms with Crippen molar-refractivity contribution in [3.05, 3.63) is 71.3 Å². The van der Waals surface area contributed by atoms with Crippen LogP contribution in [-0.2, 0) is 9.59 Å². The van der Waals surface area contributed by atoms with Gasteiger partial charge >= 0.3 is 5.97 Å². The molecule has 1 fully saturated rings. The van der Waals surface area contributed by atoms with Crippen LogP contribution in [0.5, 0.6) is 0 Å². The lowest BCUT2D eigenvalue weighted by Crippen LogP contribution is -2.45. The van der Waals surface area contributed by atoms with Gasteiger partial charge in [0.15, 0.2) is 5.78 Å². The van der Waals surface area contributed by atoms with Crippen molar-refractivity contribution in [2.75, 3.05) is 19.8 Å². The van der Waals surface area contributed by atoms with E-state index >= 15 is 0 Å². The quantitative estimate of drug-likeness (QED) is 0.677. The first-order valence-electron chi connectivity index (χ1n) is 9.47. The molecule has 0 aromatic heterocycles. The van der Waals surface area contributed by atoms with Gasteiger partial charge in [0.05, 0.1) is 13.2 Å². The normalized spacial score (nSPS) is 18.1. The number of alkyl halides is 1. The van der Waals surface area contributed by atoms with E-state index in [9.17, 15) is 28.7 Å². The maximum atomic E-state index is 12.9. The Labute approximate surface area is 172 Å². The summed E-state index contributed by atoms with van der Waals surface area (Å²) < 4.78 is 12.9. The molecule has 0 radical (unpaired) electrons. The summed E-state index contributed by atoms with van der Waals surface area (Å²) in [7, 11) is 0. The zero-order valence-corrected chi connectivity index (χ0v) is 16.1. The van der Waals surface area contributed by atoms with Crippen LogP contribution in [0.1, 0.15) is 32.7 Å². The summed E-state index contributed by atoms with van der Waals surface area (Å²) in [6.07, 6.45) is 0.0580. The molecule has 0 spiro atoms. The zero-order chi connectivity index (χ0) is 21.7. The molecule has 0 aliphatic carbocycles. The summed E-state index contributed by atoms with van der Waals surface area (Å²) >= 11 is 0. The van der Waals surface area contributed by atoms with Crippen LogP contribution in [0.15, 0.2) is 54.6 Å². The Morgan fingerprint density at radius 2 is 1.57 bits per heavy atom. The van der Waals surface area contributed by atoms with Crippen LogP contribution in [0.2, 0.25) is 0 Å². The Kier molecular flexibility index (Phi) is 6.56. The molecule has 2 unspecified atom stereocenters. The average molecular weight is 412 g/mol. The molecule has 2 atom stereocenters. The van der Waals surface area contributed by atoms with Gasteiger partial charge in [0.25, 0.3) is 5.91 Å². The van der Waals surface area contributed by atoms with Crippen molar-refractivity contribution in [2.24, 2.45) is 5.92 Å². The molecule has 2 N–H and O–H groups in total. The smallest absolute Gasteiger partial charge is 0.326 e. The molecule has 2 aromatic carbocycles. The van der Waals surface area contributed by atoms with E-state index in [4.69, 9.17) is 0 Å². The summed E-state index contributed by atoms with van der Waals surface area (Å²) in [4.78, 5) is 49.4. The molecule has 0 bridgehead atoms. The first kappa shape index (κ1) is 21.2. The topological polar surface area (TPSA) is 104 Å². The zero-order valence-electron chi connectivity index (χ0n) is 16.1. The number of nitrogens with one attached hydrogen (secondary N) is 1. The van der Waals surface area contributed by atoms with E-state index in [1.54, 1.807) is 24.3 Å². The SMILES string of the molecule is O=C(NCC(=O)N1CC(CF)CC1C(=O)O)c1ccc(C(=O)c2ccccc2)cc1. The van der Waals surface area contributed by atoms with Crippen molar-refractivity contribution >= 4 is 23.6 Å². The number of rotatable bonds is 7. The number of benzene rings is 2. The number of likely N-dealkylation sites (tertiary alicyclic amines) is 1. The van der Waals surface area contributed by atoms with Gasteiger partial charge < -0.3 is 15.3 Å². The number of amides is 2. The largest absolute Gasteiger partial charge is 0.480 e. The Hall–Kier alpha value is -3.55. The number of nitrogens with zero attached hydrogens (tertiary/aromatic N) is 1. The van der Waals surface area contributed by atoms with E-state index in [1.165, 1.54) is 24.3 Å². The summed E-state index contributed by atoms with van der Waals surface area (Å²) in [6.45, 7) is -1.08. The number of hydrogen-bond acceptors (Lipinski definition) is 4. The molecule has 30 heavy (non-hydrogen) atoms. The molecule has 1 aliphatic rings. The Bertz CT molecular complexity index is 946. The van der Waals surface area contributed by atoms with Crippen LogP contribution >= 0.6 is 0 Å². The second-order valence-electron chi connectivity index (χ2n) is 7.11. The van der Waals surface area contributed by atoms with Crippen molar-refractivity contribution < 1.29 is 28.7 Å². The molecule has 1 saturated heterocycles. The molecule has 3 rings (SSSR count). The predicted octanol–water partition coefficient (Wildman–Crippen LogP) is 1.92. The minimum Gasteiger partial charge on any atom is -0.480 e. The van der Waals surface area contributed by atoms with Gasteiger partial charge in [-0.2, -0.15) is 0 Å². The monoisotopic (exact) mass is 412 g/mol. The fraction of sp³-hybridized carbons (Fsp3) is 0.273. The van der Waals surface area contributed by atoms with Crippen molar-refractivity contribution in [3.8, 4) is 0 Å². The Morgan fingerprint density at radius 1 is 0.967 bits per heavy atom. The number of carboxylic acid groups (broad SMARTS) is 1. The molecule has 0 saturated carbocycles. The molecule has 156 valence electrons. The number of carbonyl (C=O) groups is 4. The van der Waals surface area contributed by atoms with Crippen LogP contribution in [0.4, 0.5) is 4.39 Å². The van der Waals surface area contributed by atoms with Gasteiger partial charge in [-0.15, -0.1) is 0 Å². The lowest BCUT2D eigenvalue weighted by Gasteiger charge is -2.21. The van der Waals surface area contributed by atoms with E-state index in [2.05, 4.69) is 5.32 Å². The fourth-order valence-corrected chi connectivity index (χ4v) is 3.43. The second-order valence-corrected chi connectivity index (χ2v) is 7.11. The van der Waals surface area contributed by atoms with Crippen LogP contribution in [0.25, 0.3) is 0 Å². The Morgan fingerprint density at radius 3 is 2.17 bits per heavy atom. The van der Waals surface area contributed by atoms with Crippen LogP contribution in [0, 0.1) is 5.92 Å². The number of ketones is 1. The van der Waals surface area contributed by atoms with Crippen molar-refractivity contribution in [2.45, 2.75) is 12.5 Å². The lowest BCUT2D eigenvalue weighted by atomic mass is 10.0. The van der Waals surface area contributed by atoms with E-state index in [1.807, 2.05) is 6.07 Å². The highest BCUT2D eigenvalue weighted by molar-refractivity contribution is 6.09. The third-order valence-corrected chi connectivity index (χ3v) is 5.06. The van der Waals surface area contributed by atoms with Gasteiger partial charge in [-0.05, 0) is 18.6 Å². The minimum atomic E-state index is -1.19. The van der Waals surface area contributed by atoms with Gasteiger partial charge in [0.1, 0.15) is 6.04 Å². The minimum absolute atomic E-state index is 0.0124. The predicted molar refractivity (Wildman–Crippen MR) is 106 cm³/mol. The van der Waals surface area contributed by atoms with Crippen molar-refractivity contribution in [3.63, 3.8) is 0 Å². The van der Waals surface area contributed by atoms with Crippen molar-refractivity contribution in [1.29, 1.82) is 0 Å². The molecule has 1 aliphatic heterocycles. The third-order valence-electron chi connectivity index (χ3n) is 5.06. The molecular formula is C22H21FN2O5. The molecular weight excluding hydrogens is 391 g/mol. The van der Waals surface area contributed by atoms with E-state index in [-0.39, 0.29) is 24.3 Å². The summed E-state index contributed by atoms with van der Waals surface area (Å²) in [6, 6.07) is 13.7. The number of hydrogen-bond donors (Lipinski definition) is 2. The third kappa shape index (κ3) is 4.71. The maximum absolute atomic E-state index is 12.9. The fourth-order valence-electron chi connectivity index (χ4n) is 3.43. The molecule has 2 amide bonds. The average Bonchev–Trinajstić information content (AvgIpc) is 3.22. The van der Waals surface area contributed by atoms with Crippen LogP contribution in [-0.4, -0.2) is 59.4 Å². The van der Waals surface area contributed by atoms with Crippen LogP contribution < -0.4 is 5.32 Å². The van der Waals surface area contributed by atoms with Crippen molar-refractivity contribution in [1.82, 2.24) is 10.2 Å². The first-order valence-corrected chi connectivity index (χ1v) is 9.47. The van der Waals surface area contributed by atoms with Gasteiger partial charge in [-0.25, -0.2) is 4.79 Å². The van der Waals surface area contributed by atoms with Gasteiger partial charge in [-0.3, -0.25) is 18.8 Å². The van der Waals surface area contributed by atoms with E-state index in [0.29, 0.717) is 11.1 Å². The van der Waals surface area contributed by atoms with E-state index < -0.39 is 43.0 Å². The molecule has 7 nitrogen and oxygen atoms in total. The highest BCUT2D eigenvalue weighted by Gasteiger charge is 2.39. The van der Waals surface area contributed by atoms with E-state index in [0.717, 1.165) is 4.90 Å². The number of aliphatic carboxylic acids is 1. The summed E-state index contributed by atoms with van der Waals surface area (Å²) in [5, 5.41) is 11.7. The molecule has 8 heteroatoms. The standard InChI is InChI=1S/C22H21FN2O5/c23-11-14-10-18(22(29)30)25(13-14)19(26)12-24-21(28)17-8-6-16(7-9-17)20(27)15-4-2-1-3-5-15/h1-9,14,18H,10-13H2,(H,24,28)(H,29,30). The Balaban J connectivity index is 1.59. The second kappa shape index (κ2) is 9.30. The lowest BCUT2D eigenvalue weighted by molar-refractivity contribution is -0.147. The summed E-state index contributed by atoms with van der Waals surface area (Å²) in [5.41, 5.74) is 1.21. The highest BCUT2D eigenvalue weighted by Crippen LogP contribution is 2.24. The van der Waals surface area contributed by atoms with Gasteiger partial charge in [0.2, 0.25) is 5.91 Å². The van der Waals surface area contributed by atoms with Crippen LogP contribution in [0.3, 0.4) is 0 Å². The van der Waals surface area contributed by atoms with Gasteiger partial charge in [-0.1, -0.05) is 42.5 Å². The van der Waals surface area contributed by atoms with Gasteiger partial charge in [0, 0.05) is 29.2 Å². The number of halogens is 1. The maximum Gasteiger partial charge on any atom is 0.326 e. The first-order chi connectivity index (χ1) is 14.4. The number of carboxylic acids is 1. The highest BCUT2D eigenvalue weighted by atomic mass is 19.1. The molecule has 1 heterocycles. The number of carbonyl (C=O) groups excluding carboxylic acids is 3.